The average Bonchev–Trinajstić information content (AvgIpc) is 2.69. The maximum Gasteiger partial charge on any atom is 0.278 e. The van der Waals surface area contributed by atoms with E-state index >= 15 is 0 Å². The number of quaternary nitrogens is 1. The van der Waals surface area contributed by atoms with Gasteiger partial charge in [0.2, 0.25) is 0 Å². The summed E-state index contributed by atoms with van der Waals surface area (Å²) in [5.41, 5.74) is 2.08. The molecule has 0 aromatic heterocycles. The Bertz CT molecular complexity index is 760. The molecule has 0 spiro atoms. The van der Waals surface area contributed by atoms with Crippen LogP contribution in [0.4, 0.5) is 10.1 Å². The van der Waals surface area contributed by atoms with Gasteiger partial charge in [-0.3, -0.25) is 4.79 Å². The summed E-state index contributed by atoms with van der Waals surface area (Å²) >= 11 is 6.29. The SMILES string of the molecule is C[C@H](C(=O)NCCc1ccc(F)cc1)[NH+]1CCN(c2ccccc2Cl)CC1. The molecule has 0 saturated carbocycles. The van der Waals surface area contributed by atoms with Gasteiger partial charge in [0.15, 0.2) is 6.04 Å². The molecular weight excluding hydrogens is 365 g/mol. The molecule has 0 unspecified atom stereocenters. The molecule has 1 aliphatic heterocycles. The summed E-state index contributed by atoms with van der Waals surface area (Å²) in [6, 6.07) is 14.2. The molecule has 1 amide bonds. The highest BCUT2D eigenvalue weighted by molar-refractivity contribution is 6.33. The van der Waals surface area contributed by atoms with Crippen molar-refractivity contribution in [3.8, 4) is 0 Å². The van der Waals surface area contributed by atoms with Crippen LogP contribution in [-0.2, 0) is 11.2 Å². The molecule has 3 rings (SSSR count). The van der Waals surface area contributed by atoms with E-state index in [1.54, 1.807) is 12.1 Å². The summed E-state index contributed by atoms with van der Waals surface area (Å²) < 4.78 is 12.9. The first-order chi connectivity index (χ1) is 13.0. The Balaban J connectivity index is 1.44. The Labute approximate surface area is 164 Å². The first-order valence-electron chi connectivity index (χ1n) is 9.41. The zero-order valence-electron chi connectivity index (χ0n) is 15.6. The van der Waals surface area contributed by atoms with Crippen molar-refractivity contribution < 1.29 is 14.1 Å². The average molecular weight is 391 g/mol. The van der Waals surface area contributed by atoms with Crippen molar-refractivity contribution in [1.29, 1.82) is 0 Å². The first kappa shape index (κ1) is 19.6. The van der Waals surface area contributed by atoms with Gasteiger partial charge in [-0.1, -0.05) is 35.9 Å². The predicted molar refractivity (Wildman–Crippen MR) is 107 cm³/mol. The number of anilines is 1. The van der Waals surface area contributed by atoms with Gasteiger partial charge in [0.05, 0.1) is 36.9 Å². The summed E-state index contributed by atoms with van der Waals surface area (Å²) in [6.45, 7) is 6.11. The van der Waals surface area contributed by atoms with Crippen LogP contribution in [0, 0.1) is 5.82 Å². The second-order valence-electron chi connectivity index (χ2n) is 6.99. The predicted octanol–water partition coefficient (Wildman–Crippen LogP) is 1.93. The smallest absolute Gasteiger partial charge is 0.278 e. The van der Waals surface area contributed by atoms with Crippen LogP contribution >= 0.6 is 11.6 Å². The minimum atomic E-state index is -0.240. The number of amides is 1. The molecule has 4 nitrogen and oxygen atoms in total. The van der Waals surface area contributed by atoms with E-state index in [0.717, 1.165) is 42.5 Å². The van der Waals surface area contributed by atoms with E-state index in [1.807, 2.05) is 31.2 Å². The number of nitrogens with zero attached hydrogens (tertiary/aromatic N) is 1. The standard InChI is InChI=1S/C21H25ClFN3O/c1-16(21(27)24-11-10-17-6-8-18(23)9-7-17)25-12-14-26(15-13-25)20-5-3-2-4-19(20)22/h2-9,16H,10-15H2,1H3,(H,24,27)/p+1/t16-/m1/s1. The number of hydrogen-bond donors (Lipinski definition) is 2. The maximum absolute atomic E-state index is 12.9. The zero-order chi connectivity index (χ0) is 19.2. The third-order valence-electron chi connectivity index (χ3n) is 5.23. The highest BCUT2D eigenvalue weighted by Crippen LogP contribution is 2.24. The Morgan fingerprint density at radius 3 is 2.52 bits per heavy atom. The maximum atomic E-state index is 12.9. The van der Waals surface area contributed by atoms with Crippen LogP contribution in [0.2, 0.25) is 5.02 Å². The van der Waals surface area contributed by atoms with Crippen LogP contribution in [0.3, 0.4) is 0 Å². The topological polar surface area (TPSA) is 36.8 Å². The van der Waals surface area contributed by atoms with Gasteiger partial charge < -0.3 is 15.1 Å². The van der Waals surface area contributed by atoms with Gasteiger partial charge in [-0.15, -0.1) is 0 Å². The fourth-order valence-electron chi connectivity index (χ4n) is 3.50. The second kappa shape index (κ2) is 9.20. The molecule has 27 heavy (non-hydrogen) atoms. The number of para-hydroxylation sites is 1. The van der Waals surface area contributed by atoms with Crippen LogP contribution in [-0.4, -0.2) is 44.7 Å². The monoisotopic (exact) mass is 390 g/mol. The van der Waals surface area contributed by atoms with E-state index in [9.17, 15) is 9.18 Å². The van der Waals surface area contributed by atoms with Crippen LogP contribution in [0.25, 0.3) is 0 Å². The van der Waals surface area contributed by atoms with Crippen LogP contribution in [0.5, 0.6) is 0 Å². The molecule has 2 aromatic rings. The van der Waals surface area contributed by atoms with Crippen molar-refractivity contribution in [3.63, 3.8) is 0 Å². The normalized spacial score (nSPS) is 16.2. The highest BCUT2D eigenvalue weighted by Gasteiger charge is 2.29. The summed E-state index contributed by atoms with van der Waals surface area (Å²) in [6.07, 6.45) is 0.703. The van der Waals surface area contributed by atoms with Gasteiger partial charge >= 0.3 is 0 Å². The van der Waals surface area contributed by atoms with Crippen LogP contribution in [0.1, 0.15) is 12.5 Å². The molecule has 1 fully saturated rings. The van der Waals surface area contributed by atoms with E-state index in [1.165, 1.54) is 17.0 Å². The van der Waals surface area contributed by atoms with Crippen molar-refractivity contribution in [3.05, 3.63) is 64.9 Å². The molecule has 2 N–H and O–H groups in total. The van der Waals surface area contributed by atoms with Crippen molar-refractivity contribution in [2.45, 2.75) is 19.4 Å². The van der Waals surface area contributed by atoms with E-state index in [2.05, 4.69) is 10.2 Å². The molecule has 1 heterocycles. The van der Waals surface area contributed by atoms with Crippen LogP contribution < -0.4 is 15.1 Å². The molecule has 0 aliphatic carbocycles. The van der Waals surface area contributed by atoms with Crippen molar-refractivity contribution in [2.75, 3.05) is 37.6 Å². The summed E-state index contributed by atoms with van der Waals surface area (Å²) in [7, 11) is 0. The van der Waals surface area contributed by atoms with Gasteiger partial charge in [-0.2, -0.15) is 0 Å². The van der Waals surface area contributed by atoms with E-state index in [4.69, 9.17) is 11.6 Å². The minimum absolute atomic E-state index is 0.0679. The lowest BCUT2D eigenvalue weighted by atomic mass is 10.1. The van der Waals surface area contributed by atoms with E-state index < -0.39 is 0 Å². The Hall–Kier alpha value is -2.11. The number of carbonyl (C=O) groups excluding carboxylic acids is 1. The number of hydrogen-bond acceptors (Lipinski definition) is 2. The second-order valence-corrected chi connectivity index (χ2v) is 7.39. The number of nitrogens with one attached hydrogen (secondary N) is 2. The molecule has 2 aromatic carbocycles. The lowest BCUT2D eigenvalue weighted by Crippen LogP contribution is -3.19. The van der Waals surface area contributed by atoms with Crippen molar-refractivity contribution in [2.24, 2.45) is 0 Å². The Kier molecular flexibility index (Phi) is 6.69. The number of rotatable bonds is 6. The summed E-state index contributed by atoms with van der Waals surface area (Å²) in [4.78, 5) is 16.0. The Morgan fingerprint density at radius 2 is 1.85 bits per heavy atom. The molecule has 0 radical (unpaired) electrons. The number of carbonyl (C=O) groups is 1. The quantitative estimate of drug-likeness (QED) is 0.790. The molecule has 144 valence electrons. The van der Waals surface area contributed by atoms with E-state index in [0.29, 0.717) is 13.0 Å². The van der Waals surface area contributed by atoms with Crippen molar-refractivity contribution >= 4 is 23.2 Å². The molecule has 1 saturated heterocycles. The lowest BCUT2D eigenvalue weighted by molar-refractivity contribution is -0.914. The summed E-state index contributed by atoms with van der Waals surface area (Å²) in [5, 5.41) is 3.78. The third kappa shape index (κ3) is 5.21. The molecule has 1 atom stereocenters. The third-order valence-corrected chi connectivity index (χ3v) is 5.55. The van der Waals surface area contributed by atoms with E-state index in [-0.39, 0.29) is 17.8 Å². The molecule has 0 bridgehead atoms. The van der Waals surface area contributed by atoms with Gasteiger partial charge in [0, 0.05) is 6.54 Å². The lowest BCUT2D eigenvalue weighted by Gasteiger charge is -2.36. The fraction of sp³-hybridized carbons (Fsp3) is 0.381. The van der Waals surface area contributed by atoms with Gasteiger partial charge in [-0.05, 0) is 43.2 Å². The number of piperazine rings is 1. The highest BCUT2D eigenvalue weighted by atomic mass is 35.5. The molecule has 1 aliphatic rings. The summed E-state index contributed by atoms with van der Waals surface area (Å²) in [5.74, 6) is -0.172. The van der Waals surface area contributed by atoms with Gasteiger partial charge in [0.1, 0.15) is 5.82 Å². The van der Waals surface area contributed by atoms with Gasteiger partial charge in [-0.25, -0.2) is 4.39 Å². The number of halogens is 2. The molecule has 6 heteroatoms. The largest absolute Gasteiger partial charge is 0.359 e. The zero-order valence-corrected chi connectivity index (χ0v) is 16.3. The fourth-order valence-corrected chi connectivity index (χ4v) is 3.75. The van der Waals surface area contributed by atoms with Gasteiger partial charge in [0.25, 0.3) is 5.91 Å². The number of benzene rings is 2. The van der Waals surface area contributed by atoms with Crippen molar-refractivity contribution in [1.82, 2.24) is 5.32 Å². The first-order valence-corrected chi connectivity index (χ1v) is 9.78. The van der Waals surface area contributed by atoms with Crippen LogP contribution in [0.15, 0.2) is 48.5 Å². The Morgan fingerprint density at radius 1 is 1.19 bits per heavy atom. The minimum Gasteiger partial charge on any atom is -0.359 e. The molecular formula is C21H26ClFN3O+.